The van der Waals surface area contributed by atoms with Gasteiger partial charge in [0.15, 0.2) is 0 Å². The molecule has 2 saturated heterocycles. The number of rotatable bonds is 0. The van der Waals surface area contributed by atoms with Crippen molar-refractivity contribution in [3.05, 3.63) is 0 Å². The summed E-state index contributed by atoms with van der Waals surface area (Å²) in [6.07, 6.45) is 3.27. The van der Waals surface area contributed by atoms with Crippen LogP contribution in [0.2, 0.25) is 0 Å². The van der Waals surface area contributed by atoms with Gasteiger partial charge in [0.2, 0.25) is 0 Å². The Morgan fingerprint density at radius 1 is 1.41 bits per heavy atom. The van der Waals surface area contributed by atoms with Gasteiger partial charge in [-0.1, -0.05) is 6.42 Å². The maximum absolute atomic E-state index is 12.2. The lowest BCUT2D eigenvalue weighted by Crippen LogP contribution is -2.74. The number of ether oxygens (including phenoxy) is 1. The second-order valence-corrected chi connectivity index (χ2v) is 6.42. The highest BCUT2D eigenvalue weighted by Crippen LogP contribution is 2.34. The van der Waals surface area contributed by atoms with E-state index in [1.807, 2.05) is 25.7 Å². The number of likely N-dealkylation sites (tertiary alicyclic amines) is 1. The molecular weight excluding hydrogens is 216 g/mol. The third-order valence-electron chi connectivity index (χ3n) is 3.81. The molecule has 2 unspecified atom stereocenters. The average Bonchev–Trinajstić information content (AvgIpc) is 2.26. The molecule has 2 atom stereocenters. The van der Waals surface area contributed by atoms with E-state index in [0.717, 1.165) is 25.9 Å². The molecule has 4 heteroatoms. The minimum Gasteiger partial charge on any atom is -0.444 e. The van der Waals surface area contributed by atoms with Gasteiger partial charge in [-0.25, -0.2) is 4.79 Å². The van der Waals surface area contributed by atoms with Crippen LogP contribution in [0.4, 0.5) is 4.79 Å². The lowest BCUT2D eigenvalue weighted by Gasteiger charge is -2.53. The Hall–Kier alpha value is -0.770. The molecular formula is C13H24N2O2. The fourth-order valence-electron chi connectivity index (χ4n) is 2.73. The molecule has 0 aliphatic carbocycles. The molecule has 0 aromatic rings. The van der Waals surface area contributed by atoms with Crippen LogP contribution >= 0.6 is 0 Å². The van der Waals surface area contributed by atoms with E-state index in [-0.39, 0.29) is 11.6 Å². The number of hydrogen-bond acceptors (Lipinski definition) is 3. The number of nitrogens with one attached hydrogen (secondary N) is 1. The van der Waals surface area contributed by atoms with Gasteiger partial charge in [0.05, 0.1) is 5.54 Å². The van der Waals surface area contributed by atoms with Gasteiger partial charge in [-0.3, -0.25) is 4.90 Å². The number of nitrogens with zero attached hydrogens (tertiary/aromatic N) is 1. The van der Waals surface area contributed by atoms with Crippen LogP contribution in [-0.2, 0) is 4.74 Å². The highest BCUT2D eigenvalue weighted by Gasteiger charge is 2.50. The van der Waals surface area contributed by atoms with Gasteiger partial charge >= 0.3 is 6.09 Å². The first-order valence-electron chi connectivity index (χ1n) is 6.57. The van der Waals surface area contributed by atoms with Crippen molar-refractivity contribution in [2.75, 3.05) is 13.1 Å². The van der Waals surface area contributed by atoms with Crippen molar-refractivity contribution in [1.82, 2.24) is 10.2 Å². The van der Waals surface area contributed by atoms with E-state index in [4.69, 9.17) is 4.74 Å². The molecule has 2 fully saturated rings. The zero-order chi connectivity index (χ0) is 12.7. The molecule has 0 aromatic carbocycles. The molecule has 2 aliphatic heterocycles. The number of carbonyl (C=O) groups excluding carboxylic acids is 1. The van der Waals surface area contributed by atoms with Crippen molar-refractivity contribution in [1.29, 1.82) is 0 Å². The van der Waals surface area contributed by atoms with Crippen molar-refractivity contribution >= 4 is 6.09 Å². The summed E-state index contributed by atoms with van der Waals surface area (Å²) in [5.41, 5.74) is -0.453. The first-order chi connectivity index (χ1) is 7.83. The lowest BCUT2D eigenvalue weighted by atomic mass is 9.81. The van der Waals surface area contributed by atoms with Crippen LogP contribution in [0.3, 0.4) is 0 Å². The van der Waals surface area contributed by atoms with Crippen molar-refractivity contribution in [2.24, 2.45) is 0 Å². The minimum absolute atomic E-state index is 0.0428. The van der Waals surface area contributed by atoms with Gasteiger partial charge in [0, 0.05) is 19.1 Å². The third kappa shape index (κ3) is 2.41. The molecule has 2 rings (SSSR count). The van der Waals surface area contributed by atoms with Crippen LogP contribution in [-0.4, -0.2) is 41.3 Å². The maximum Gasteiger partial charge on any atom is 0.410 e. The third-order valence-corrected chi connectivity index (χ3v) is 3.81. The van der Waals surface area contributed by atoms with Crippen molar-refractivity contribution in [2.45, 2.75) is 64.1 Å². The quantitative estimate of drug-likeness (QED) is 0.705. The molecule has 4 nitrogen and oxygen atoms in total. The summed E-state index contributed by atoms with van der Waals surface area (Å²) in [5.74, 6) is 0. The van der Waals surface area contributed by atoms with Crippen molar-refractivity contribution < 1.29 is 9.53 Å². The van der Waals surface area contributed by atoms with Gasteiger partial charge in [-0.15, -0.1) is 0 Å². The van der Waals surface area contributed by atoms with Gasteiger partial charge in [0.1, 0.15) is 5.60 Å². The van der Waals surface area contributed by atoms with Crippen LogP contribution < -0.4 is 5.32 Å². The predicted molar refractivity (Wildman–Crippen MR) is 67.0 cm³/mol. The molecule has 1 N–H and O–H groups in total. The number of carbonyl (C=O) groups is 1. The summed E-state index contributed by atoms with van der Waals surface area (Å²) in [7, 11) is 0. The highest BCUT2D eigenvalue weighted by atomic mass is 16.6. The minimum atomic E-state index is -0.410. The normalized spacial score (nSPS) is 33.4. The van der Waals surface area contributed by atoms with Gasteiger partial charge in [0.25, 0.3) is 0 Å². The smallest absolute Gasteiger partial charge is 0.410 e. The van der Waals surface area contributed by atoms with Crippen LogP contribution in [0.1, 0.15) is 47.0 Å². The SMILES string of the molecule is CC(C)(C)OC(=O)N1CCCCC2NCC21C. The van der Waals surface area contributed by atoms with Crippen LogP contribution in [0, 0.1) is 0 Å². The second kappa shape index (κ2) is 4.16. The Morgan fingerprint density at radius 3 is 2.65 bits per heavy atom. The standard InChI is InChI=1S/C13H24N2O2/c1-12(2,3)17-11(16)15-8-6-5-7-10-13(15,4)9-14-10/h10,14H,5-9H2,1-4H3. The monoisotopic (exact) mass is 240 g/mol. The Balaban J connectivity index is 2.10. The zero-order valence-corrected chi connectivity index (χ0v) is 11.4. The molecule has 0 spiro atoms. The van der Waals surface area contributed by atoms with E-state index >= 15 is 0 Å². The molecule has 98 valence electrons. The predicted octanol–water partition coefficient (Wildman–Crippen LogP) is 2.14. The Morgan fingerprint density at radius 2 is 2.12 bits per heavy atom. The Labute approximate surface area is 104 Å². The van der Waals surface area contributed by atoms with E-state index in [2.05, 4.69) is 12.2 Å². The van der Waals surface area contributed by atoms with Crippen molar-refractivity contribution in [3.63, 3.8) is 0 Å². The molecule has 17 heavy (non-hydrogen) atoms. The topological polar surface area (TPSA) is 41.6 Å². The summed E-state index contributed by atoms with van der Waals surface area (Å²) in [4.78, 5) is 14.2. The first-order valence-corrected chi connectivity index (χ1v) is 6.57. The van der Waals surface area contributed by atoms with Crippen molar-refractivity contribution in [3.8, 4) is 0 Å². The zero-order valence-electron chi connectivity index (χ0n) is 11.4. The maximum atomic E-state index is 12.2. The number of hydrogen-bond donors (Lipinski definition) is 1. The molecule has 0 bridgehead atoms. The lowest BCUT2D eigenvalue weighted by molar-refractivity contribution is -0.0259. The van der Waals surface area contributed by atoms with E-state index in [1.165, 1.54) is 6.42 Å². The van der Waals surface area contributed by atoms with E-state index in [9.17, 15) is 4.79 Å². The molecule has 2 heterocycles. The van der Waals surface area contributed by atoms with Crippen LogP contribution in [0.25, 0.3) is 0 Å². The molecule has 2 aliphatic rings. The first kappa shape index (κ1) is 12.7. The summed E-state index contributed by atoms with van der Waals surface area (Å²) >= 11 is 0. The summed E-state index contributed by atoms with van der Waals surface area (Å²) in [6, 6.07) is 0.442. The largest absolute Gasteiger partial charge is 0.444 e. The highest BCUT2D eigenvalue weighted by molar-refractivity contribution is 5.69. The number of amides is 1. The summed E-state index contributed by atoms with van der Waals surface area (Å²) in [5, 5.41) is 3.43. The van der Waals surface area contributed by atoms with Gasteiger partial charge in [-0.2, -0.15) is 0 Å². The molecule has 0 radical (unpaired) electrons. The molecule has 1 amide bonds. The van der Waals surface area contributed by atoms with Crippen LogP contribution in [0.5, 0.6) is 0 Å². The van der Waals surface area contributed by atoms with E-state index < -0.39 is 5.60 Å². The second-order valence-electron chi connectivity index (χ2n) is 6.42. The number of fused-ring (bicyclic) bond motifs is 1. The Kier molecular flexibility index (Phi) is 3.10. The van der Waals surface area contributed by atoms with E-state index in [0.29, 0.717) is 6.04 Å². The molecule has 0 saturated carbocycles. The fraction of sp³-hybridized carbons (Fsp3) is 0.923. The average molecular weight is 240 g/mol. The summed E-state index contributed by atoms with van der Waals surface area (Å²) < 4.78 is 5.51. The summed E-state index contributed by atoms with van der Waals surface area (Å²) in [6.45, 7) is 9.63. The fourth-order valence-corrected chi connectivity index (χ4v) is 2.73. The Bertz CT molecular complexity index is 311. The van der Waals surface area contributed by atoms with E-state index in [1.54, 1.807) is 0 Å². The molecule has 0 aromatic heterocycles. The van der Waals surface area contributed by atoms with Gasteiger partial charge in [-0.05, 0) is 40.5 Å². The van der Waals surface area contributed by atoms with Gasteiger partial charge < -0.3 is 10.1 Å². The van der Waals surface area contributed by atoms with Crippen LogP contribution in [0.15, 0.2) is 0 Å².